The molecule has 3 aromatic heterocycles. The van der Waals surface area contributed by atoms with Crippen LogP contribution in [-0.2, 0) is 13.1 Å². The maximum Gasteiger partial charge on any atom is 0.193 e. The predicted octanol–water partition coefficient (Wildman–Crippen LogP) is 4.61. The second-order valence-corrected chi connectivity index (χ2v) is 9.30. The van der Waals surface area contributed by atoms with Crippen molar-refractivity contribution >= 4 is 16.6 Å². The molecule has 0 bridgehead atoms. The fourth-order valence-electron chi connectivity index (χ4n) is 4.93. The average molecular weight is 454 g/mol. The Kier molecular flexibility index (Phi) is 6.41. The third-order valence-corrected chi connectivity index (χ3v) is 6.76. The van der Waals surface area contributed by atoms with Gasteiger partial charge in [0.1, 0.15) is 0 Å². The molecule has 1 saturated heterocycles. The summed E-state index contributed by atoms with van der Waals surface area (Å²) in [4.78, 5) is 30.4. The van der Waals surface area contributed by atoms with Gasteiger partial charge in [0.15, 0.2) is 5.43 Å². The van der Waals surface area contributed by atoms with Gasteiger partial charge in [0.05, 0.1) is 11.9 Å². The molecule has 4 heterocycles. The number of rotatable bonds is 6. The van der Waals surface area contributed by atoms with E-state index in [9.17, 15) is 4.79 Å². The molecule has 5 rings (SSSR count). The zero-order valence-electron chi connectivity index (χ0n) is 19.9. The van der Waals surface area contributed by atoms with Gasteiger partial charge in [-0.3, -0.25) is 19.7 Å². The number of hydrogen-bond acceptors (Lipinski definition) is 5. The first kappa shape index (κ1) is 22.3. The van der Waals surface area contributed by atoms with Crippen LogP contribution in [-0.4, -0.2) is 39.0 Å². The van der Waals surface area contributed by atoms with Crippen molar-refractivity contribution in [3.63, 3.8) is 0 Å². The van der Waals surface area contributed by atoms with E-state index in [1.165, 1.54) is 11.3 Å². The zero-order chi connectivity index (χ0) is 23.5. The summed E-state index contributed by atoms with van der Waals surface area (Å²) in [6, 6.07) is 16.5. The Morgan fingerprint density at radius 1 is 1.06 bits per heavy atom. The molecule has 0 saturated carbocycles. The van der Waals surface area contributed by atoms with Gasteiger partial charge in [-0.2, -0.15) is 0 Å². The van der Waals surface area contributed by atoms with Gasteiger partial charge in [-0.05, 0) is 68.7 Å². The van der Waals surface area contributed by atoms with Crippen LogP contribution in [0.3, 0.4) is 0 Å². The van der Waals surface area contributed by atoms with E-state index in [-0.39, 0.29) is 5.43 Å². The number of aromatic amines is 1. The second-order valence-electron chi connectivity index (χ2n) is 9.30. The van der Waals surface area contributed by atoms with Crippen LogP contribution in [0.4, 0.5) is 5.69 Å². The second kappa shape index (κ2) is 9.77. The van der Waals surface area contributed by atoms with E-state index in [4.69, 9.17) is 0 Å². The van der Waals surface area contributed by atoms with Crippen molar-refractivity contribution in [1.82, 2.24) is 19.9 Å². The summed E-state index contributed by atoms with van der Waals surface area (Å²) in [5.74, 6) is 0. The lowest BCUT2D eigenvalue weighted by Gasteiger charge is -2.40. The van der Waals surface area contributed by atoms with Crippen molar-refractivity contribution in [3.8, 4) is 0 Å². The topological polar surface area (TPSA) is 65.1 Å². The Balaban J connectivity index is 1.45. The first-order chi connectivity index (χ1) is 16.6. The first-order valence-corrected chi connectivity index (χ1v) is 12.0. The van der Waals surface area contributed by atoms with Gasteiger partial charge >= 0.3 is 0 Å². The number of nitrogens with zero attached hydrogens (tertiary/aromatic N) is 4. The van der Waals surface area contributed by atoms with E-state index < -0.39 is 0 Å². The number of anilines is 1. The van der Waals surface area contributed by atoms with Crippen LogP contribution in [0.25, 0.3) is 10.9 Å². The number of nitrogens with one attached hydrogen (secondary N) is 1. The van der Waals surface area contributed by atoms with Crippen molar-refractivity contribution in [3.05, 3.63) is 99.9 Å². The van der Waals surface area contributed by atoms with Crippen molar-refractivity contribution in [1.29, 1.82) is 0 Å². The lowest BCUT2D eigenvalue weighted by molar-refractivity contribution is 0.158. The summed E-state index contributed by atoms with van der Waals surface area (Å²) in [7, 11) is 0. The summed E-state index contributed by atoms with van der Waals surface area (Å²) in [5.41, 5.74) is 6.22. The van der Waals surface area contributed by atoms with Crippen molar-refractivity contribution in [2.24, 2.45) is 0 Å². The van der Waals surface area contributed by atoms with Crippen LogP contribution < -0.4 is 10.3 Å². The number of fused-ring (bicyclic) bond motifs is 1. The number of aromatic nitrogens is 3. The maximum atomic E-state index is 13.3. The van der Waals surface area contributed by atoms with E-state index >= 15 is 0 Å². The monoisotopic (exact) mass is 453 g/mol. The van der Waals surface area contributed by atoms with E-state index in [0.29, 0.717) is 12.6 Å². The highest BCUT2D eigenvalue weighted by Crippen LogP contribution is 2.25. The number of para-hydroxylation sites is 1. The van der Waals surface area contributed by atoms with Gasteiger partial charge in [0, 0.05) is 72.5 Å². The molecule has 0 amide bonds. The number of pyridine rings is 3. The van der Waals surface area contributed by atoms with Gasteiger partial charge in [-0.25, -0.2) is 0 Å². The molecule has 1 fully saturated rings. The molecule has 1 aromatic carbocycles. The highest BCUT2D eigenvalue weighted by molar-refractivity contribution is 5.78. The van der Waals surface area contributed by atoms with Crippen molar-refractivity contribution in [2.45, 2.75) is 45.8 Å². The number of H-pyrrole nitrogens is 1. The largest absolute Gasteiger partial charge is 0.369 e. The van der Waals surface area contributed by atoms with E-state index in [1.54, 1.807) is 0 Å². The molecule has 1 aliphatic rings. The molecule has 6 heteroatoms. The molecule has 174 valence electrons. The Morgan fingerprint density at radius 2 is 1.94 bits per heavy atom. The maximum absolute atomic E-state index is 13.3. The molecule has 0 aliphatic carbocycles. The van der Waals surface area contributed by atoms with Gasteiger partial charge in [0.25, 0.3) is 0 Å². The third-order valence-electron chi connectivity index (χ3n) is 6.76. The fraction of sp³-hybridized carbons (Fsp3) is 0.321. The lowest BCUT2D eigenvalue weighted by atomic mass is 10.0. The molecular formula is C28H31N5O. The summed E-state index contributed by atoms with van der Waals surface area (Å²) in [6.45, 7) is 7.36. The molecule has 4 aromatic rings. The smallest absolute Gasteiger partial charge is 0.193 e. The average Bonchev–Trinajstić information content (AvgIpc) is 2.86. The number of hydrogen-bond donors (Lipinski definition) is 1. The molecule has 34 heavy (non-hydrogen) atoms. The SMILES string of the molecule is Cc1ccc(N2CCC[C@H](N(Cc3ccnc(C)c3)Cc3c[nH]c4ccccc4c3=O)C2)cn1. The minimum Gasteiger partial charge on any atom is -0.369 e. The highest BCUT2D eigenvalue weighted by atomic mass is 16.1. The van der Waals surface area contributed by atoms with Crippen molar-refractivity contribution < 1.29 is 0 Å². The third kappa shape index (κ3) is 4.87. The van der Waals surface area contributed by atoms with Crippen LogP contribution >= 0.6 is 0 Å². The van der Waals surface area contributed by atoms with Crippen molar-refractivity contribution in [2.75, 3.05) is 18.0 Å². The number of benzene rings is 1. The summed E-state index contributed by atoms with van der Waals surface area (Å²) in [5, 5.41) is 0.746. The number of aryl methyl sites for hydroxylation is 2. The van der Waals surface area contributed by atoms with Crippen LogP contribution in [0.2, 0.25) is 0 Å². The van der Waals surface area contributed by atoms with Crippen LogP contribution in [0.1, 0.15) is 35.4 Å². The molecule has 1 atom stereocenters. The Labute approximate surface area is 200 Å². The molecule has 0 radical (unpaired) electrons. The number of piperidine rings is 1. The molecule has 6 nitrogen and oxygen atoms in total. The van der Waals surface area contributed by atoms with Crippen LogP contribution in [0.5, 0.6) is 0 Å². The normalized spacial score (nSPS) is 16.3. The van der Waals surface area contributed by atoms with Crippen LogP contribution in [0.15, 0.2) is 71.9 Å². The summed E-state index contributed by atoms with van der Waals surface area (Å²) in [6.07, 6.45) is 7.95. The van der Waals surface area contributed by atoms with E-state index in [2.05, 4.69) is 49.0 Å². The highest BCUT2D eigenvalue weighted by Gasteiger charge is 2.27. The lowest BCUT2D eigenvalue weighted by Crippen LogP contribution is -2.48. The zero-order valence-corrected chi connectivity index (χ0v) is 19.9. The van der Waals surface area contributed by atoms with Gasteiger partial charge in [-0.1, -0.05) is 12.1 Å². The molecule has 1 aliphatic heterocycles. The Hall–Kier alpha value is -3.51. The van der Waals surface area contributed by atoms with Gasteiger partial charge in [-0.15, -0.1) is 0 Å². The summed E-state index contributed by atoms with van der Waals surface area (Å²) < 4.78 is 0. The van der Waals surface area contributed by atoms with E-state index in [0.717, 1.165) is 60.3 Å². The first-order valence-electron chi connectivity index (χ1n) is 12.0. The Morgan fingerprint density at radius 3 is 2.76 bits per heavy atom. The minimum absolute atomic E-state index is 0.112. The van der Waals surface area contributed by atoms with Gasteiger partial charge < -0.3 is 9.88 Å². The van der Waals surface area contributed by atoms with E-state index in [1.807, 2.05) is 56.7 Å². The molecule has 0 spiro atoms. The van der Waals surface area contributed by atoms with Gasteiger partial charge in [0.2, 0.25) is 0 Å². The minimum atomic E-state index is 0.112. The summed E-state index contributed by atoms with van der Waals surface area (Å²) >= 11 is 0. The fourth-order valence-corrected chi connectivity index (χ4v) is 4.93. The quantitative estimate of drug-likeness (QED) is 0.462. The molecule has 1 N–H and O–H groups in total. The van der Waals surface area contributed by atoms with Crippen LogP contribution in [0, 0.1) is 13.8 Å². The standard InChI is InChI=1S/C28H31N5O/c1-20-9-10-24(16-30-20)32-13-5-6-25(19-32)33(17-22-11-12-29-21(2)14-22)18-23-15-31-27-8-4-3-7-26(27)28(23)34/h3-4,7-12,14-16,25H,5-6,13,17-19H2,1-2H3,(H,31,34)/t25-/m0/s1. The molecule has 0 unspecified atom stereocenters. The molecular weight excluding hydrogens is 422 g/mol. The predicted molar refractivity (Wildman–Crippen MR) is 137 cm³/mol. The Bertz CT molecular complexity index is 1330.